The number of nitriles is 1. The largest absolute Gasteiger partial charge is 0.496 e. The topological polar surface area (TPSA) is 102 Å². The van der Waals surface area contributed by atoms with Crippen molar-refractivity contribution < 1.29 is 13.9 Å². The van der Waals surface area contributed by atoms with Gasteiger partial charge in [-0.05, 0) is 63.4 Å². The Labute approximate surface area is 197 Å². The molecule has 3 aliphatic rings. The van der Waals surface area contributed by atoms with E-state index in [9.17, 15) is 5.26 Å². The Hall–Kier alpha value is -3.70. The van der Waals surface area contributed by atoms with Gasteiger partial charge in [-0.2, -0.15) is 10.2 Å². The predicted octanol–water partition coefficient (Wildman–Crippen LogP) is 4.32. The first-order valence-electron chi connectivity index (χ1n) is 11.7. The molecule has 8 heteroatoms. The molecule has 1 unspecified atom stereocenters. The molecule has 0 radical (unpaired) electrons. The van der Waals surface area contributed by atoms with E-state index in [0.717, 1.165) is 60.4 Å². The number of fused-ring (bicyclic) bond motifs is 6. The van der Waals surface area contributed by atoms with Crippen molar-refractivity contribution in [3.8, 4) is 23.4 Å². The molecule has 3 fully saturated rings. The quantitative estimate of drug-likeness (QED) is 0.487. The summed E-state index contributed by atoms with van der Waals surface area (Å²) in [6.07, 6.45) is 3.99. The van der Waals surface area contributed by atoms with E-state index in [2.05, 4.69) is 11.0 Å². The van der Waals surface area contributed by atoms with E-state index < -0.39 is 0 Å². The minimum absolute atomic E-state index is 0.0852. The summed E-state index contributed by atoms with van der Waals surface area (Å²) in [5, 5.41) is 11.4. The first-order chi connectivity index (χ1) is 16.5. The number of ether oxygens (including phenoxy) is 2. The number of rotatable bonds is 4. The van der Waals surface area contributed by atoms with Crippen molar-refractivity contribution in [2.75, 3.05) is 32.5 Å². The lowest BCUT2D eigenvalue weighted by Gasteiger charge is -2.44. The van der Waals surface area contributed by atoms with Crippen LogP contribution in [0, 0.1) is 31.1 Å². The summed E-state index contributed by atoms with van der Waals surface area (Å²) in [4.78, 5) is 7.44. The van der Waals surface area contributed by atoms with Gasteiger partial charge in [0, 0.05) is 12.1 Å². The number of anilines is 1. The van der Waals surface area contributed by atoms with Gasteiger partial charge in [-0.3, -0.25) is 9.47 Å². The molecule has 7 rings (SSSR count). The lowest BCUT2D eigenvalue weighted by atomic mass is 9.86. The highest BCUT2D eigenvalue weighted by Gasteiger charge is 2.36. The van der Waals surface area contributed by atoms with Crippen LogP contribution in [-0.4, -0.2) is 47.3 Å². The molecule has 34 heavy (non-hydrogen) atoms. The summed E-state index contributed by atoms with van der Waals surface area (Å²) < 4.78 is 19.9. The molecule has 2 bridgehead atoms. The molecule has 4 aromatic rings. The molecule has 0 saturated carbocycles. The molecule has 0 amide bonds. The Morgan fingerprint density at radius 3 is 2.68 bits per heavy atom. The molecule has 3 aliphatic heterocycles. The maximum absolute atomic E-state index is 10.0. The average Bonchev–Trinajstić information content (AvgIpc) is 3.43. The third kappa shape index (κ3) is 2.90. The molecule has 0 spiro atoms. The molecule has 6 heterocycles. The molecular weight excluding hydrogens is 430 g/mol. The number of methoxy groups -OCH3 is 1. The van der Waals surface area contributed by atoms with Crippen LogP contribution >= 0.6 is 0 Å². The molecule has 3 aromatic heterocycles. The second kappa shape index (κ2) is 7.67. The second-order valence-electron chi connectivity index (χ2n) is 9.34. The predicted molar refractivity (Wildman–Crippen MR) is 130 cm³/mol. The van der Waals surface area contributed by atoms with Crippen LogP contribution in [0.5, 0.6) is 11.6 Å². The number of furan rings is 1. The number of aryl methyl sites for hydroxylation is 1. The minimum Gasteiger partial charge on any atom is -0.496 e. The van der Waals surface area contributed by atoms with E-state index in [-0.39, 0.29) is 6.10 Å². The summed E-state index contributed by atoms with van der Waals surface area (Å²) in [6.45, 7) is 7.17. The average molecular weight is 458 g/mol. The number of hydrogen-bond donors (Lipinski definition) is 1. The van der Waals surface area contributed by atoms with Crippen LogP contribution in [0.2, 0.25) is 0 Å². The van der Waals surface area contributed by atoms with Crippen LogP contribution < -0.4 is 15.2 Å². The number of pyridine rings is 1. The smallest absolute Gasteiger partial charge is 0.227 e. The van der Waals surface area contributed by atoms with Gasteiger partial charge in [0.15, 0.2) is 11.2 Å². The van der Waals surface area contributed by atoms with Gasteiger partial charge in [-0.1, -0.05) is 6.07 Å². The first-order valence-corrected chi connectivity index (χ1v) is 11.7. The van der Waals surface area contributed by atoms with Crippen LogP contribution in [0.3, 0.4) is 0 Å². The SMILES string of the molecule is COc1ccc(C)c(-n2c(N)c(C#N)c3c4occc4c(OC4CN5CCC4CC5)nc32)c1C. The molecule has 1 aromatic carbocycles. The van der Waals surface area contributed by atoms with E-state index in [1.165, 1.54) is 0 Å². The summed E-state index contributed by atoms with van der Waals surface area (Å²) in [5.41, 5.74) is 10.8. The fraction of sp³-hybridized carbons (Fsp3) is 0.385. The Balaban J connectivity index is 1.61. The maximum Gasteiger partial charge on any atom is 0.227 e. The molecule has 3 saturated heterocycles. The third-order valence-electron chi connectivity index (χ3n) is 7.51. The number of nitrogens with zero attached hydrogens (tertiary/aromatic N) is 4. The van der Waals surface area contributed by atoms with Gasteiger partial charge in [0.2, 0.25) is 5.88 Å². The zero-order valence-corrected chi connectivity index (χ0v) is 19.6. The van der Waals surface area contributed by atoms with Gasteiger partial charge in [0.1, 0.15) is 29.3 Å². The highest BCUT2D eigenvalue weighted by molar-refractivity contribution is 6.09. The van der Waals surface area contributed by atoms with Gasteiger partial charge in [-0.25, -0.2) is 0 Å². The van der Waals surface area contributed by atoms with Gasteiger partial charge >= 0.3 is 0 Å². The van der Waals surface area contributed by atoms with Crippen molar-refractivity contribution >= 4 is 27.8 Å². The van der Waals surface area contributed by atoms with E-state index in [1.54, 1.807) is 13.4 Å². The number of nitrogen functional groups attached to an aromatic ring is 1. The monoisotopic (exact) mass is 457 g/mol. The number of hydrogen-bond acceptors (Lipinski definition) is 7. The van der Waals surface area contributed by atoms with Crippen molar-refractivity contribution in [3.05, 3.63) is 41.2 Å². The Morgan fingerprint density at radius 1 is 1.21 bits per heavy atom. The van der Waals surface area contributed by atoms with Crippen LogP contribution in [0.1, 0.15) is 29.5 Å². The Kier molecular flexibility index (Phi) is 4.71. The molecule has 174 valence electrons. The summed E-state index contributed by atoms with van der Waals surface area (Å²) in [7, 11) is 1.64. The molecule has 2 N–H and O–H groups in total. The van der Waals surface area contributed by atoms with Gasteiger partial charge < -0.3 is 19.6 Å². The normalized spacial score (nSPS) is 21.8. The summed E-state index contributed by atoms with van der Waals surface area (Å²) in [5.74, 6) is 2.11. The lowest BCUT2D eigenvalue weighted by molar-refractivity contribution is -0.00899. The fourth-order valence-corrected chi connectivity index (χ4v) is 5.73. The van der Waals surface area contributed by atoms with E-state index >= 15 is 0 Å². The van der Waals surface area contributed by atoms with E-state index in [4.69, 9.17) is 24.6 Å². The molecule has 1 atom stereocenters. The van der Waals surface area contributed by atoms with E-state index in [0.29, 0.717) is 39.8 Å². The van der Waals surface area contributed by atoms with Crippen LogP contribution in [-0.2, 0) is 0 Å². The van der Waals surface area contributed by atoms with Crippen molar-refractivity contribution in [3.63, 3.8) is 0 Å². The zero-order valence-electron chi connectivity index (χ0n) is 19.6. The van der Waals surface area contributed by atoms with Gasteiger partial charge in [0.05, 0.1) is 29.8 Å². The number of benzene rings is 1. The van der Waals surface area contributed by atoms with Crippen molar-refractivity contribution in [2.24, 2.45) is 5.92 Å². The maximum atomic E-state index is 10.0. The van der Waals surface area contributed by atoms with Crippen molar-refractivity contribution in [2.45, 2.75) is 32.8 Å². The van der Waals surface area contributed by atoms with Crippen molar-refractivity contribution in [1.82, 2.24) is 14.5 Å². The van der Waals surface area contributed by atoms with Crippen molar-refractivity contribution in [1.29, 1.82) is 5.26 Å². The highest BCUT2D eigenvalue weighted by atomic mass is 16.5. The van der Waals surface area contributed by atoms with Crippen LogP contribution in [0.15, 0.2) is 28.9 Å². The van der Waals surface area contributed by atoms with Crippen LogP contribution in [0.4, 0.5) is 5.82 Å². The molecule has 0 aliphatic carbocycles. The second-order valence-corrected chi connectivity index (χ2v) is 9.34. The number of nitrogens with two attached hydrogens (primary N) is 1. The molecular formula is C26H27N5O3. The standard InChI is InChI=1S/C26H27N5O3/c1-14-4-5-19(32-3)15(2)22(14)31-24(28)18(12-27)21-23-17(8-11-33-23)26(29-25(21)31)34-20-13-30-9-6-16(20)7-10-30/h4-5,8,11,16,20H,6-7,9-10,13,28H2,1-3H3. The molecule has 8 nitrogen and oxygen atoms in total. The Bertz CT molecular complexity index is 1470. The summed E-state index contributed by atoms with van der Waals surface area (Å²) in [6, 6.07) is 8.05. The van der Waals surface area contributed by atoms with Gasteiger partial charge in [-0.15, -0.1) is 0 Å². The fourth-order valence-electron chi connectivity index (χ4n) is 5.73. The minimum atomic E-state index is 0.0852. The van der Waals surface area contributed by atoms with E-state index in [1.807, 2.05) is 36.6 Å². The zero-order chi connectivity index (χ0) is 23.6. The third-order valence-corrected chi connectivity index (χ3v) is 7.51. The number of aromatic nitrogens is 2. The Morgan fingerprint density at radius 2 is 2.00 bits per heavy atom. The summed E-state index contributed by atoms with van der Waals surface area (Å²) >= 11 is 0. The lowest BCUT2D eigenvalue weighted by Crippen LogP contribution is -2.52. The highest BCUT2D eigenvalue weighted by Crippen LogP contribution is 2.42. The first kappa shape index (κ1) is 20.9. The van der Waals surface area contributed by atoms with Crippen LogP contribution in [0.25, 0.3) is 27.7 Å². The number of piperidine rings is 3. The van der Waals surface area contributed by atoms with Gasteiger partial charge in [0.25, 0.3) is 0 Å².